The van der Waals surface area contributed by atoms with Crippen LogP contribution in [0, 0.1) is 0 Å². The van der Waals surface area contributed by atoms with Crippen molar-refractivity contribution >= 4 is 55.6 Å². The van der Waals surface area contributed by atoms with Gasteiger partial charge in [0.05, 0.1) is 6.61 Å². The predicted molar refractivity (Wildman–Crippen MR) is 50.2 cm³/mol. The molecule has 11 heavy (non-hydrogen) atoms. The highest BCUT2D eigenvalue weighted by Gasteiger charge is 2.44. The summed E-state index contributed by atoms with van der Waals surface area (Å²) in [5.74, 6) is 0. The molecular weight excluding hydrogens is 371 g/mol. The highest BCUT2D eigenvalue weighted by atomic mass is 80.0. The molecule has 4 nitrogen and oxygen atoms in total. The Morgan fingerprint density at radius 2 is 2.09 bits per heavy atom. The third-order valence-corrected chi connectivity index (χ3v) is 3.54. The summed E-state index contributed by atoms with van der Waals surface area (Å²) < 4.78 is 19.2. The van der Waals surface area contributed by atoms with Gasteiger partial charge in [-0.3, -0.25) is 9.05 Å². The first-order valence-corrected chi connectivity index (χ1v) is 6.41. The van der Waals surface area contributed by atoms with Crippen molar-refractivity contribution in [3.05, 3.63) is 0 Å². The van der Waals surface area contributed by atoms with Gasteiger partial charge in [0.25, 0.3) is 0 Å². The highest BCUT2D eigenvalue weighted by molar-refractivity contribution is 9.39. The third-order valence-electron chi connectivity index (χ3n) is 1.01. The lowest BCUT2D eigenvalue weighted by Crippen LogP contribution is -2.25. The van der Waals surface area contributed by atoms with Gasteiger partial charge in [-0.15, -0.1) is 0 Å². The molecule has 8 heteroatoms. The number of alkyl halides is 3. The van der Waals surface area contributed by atoms with Crippen molar-refractivity contribution in [1.29, 1.82) is 0 Å². The van der Waals surface area contributed by atoms with E-state index in [1.807, 2.05) is 0 Å². The molecule has 1 fully saturated rings. The van der Waals surface area contributed by atoms with Crippen LogP contribution in [0.5, 0.6) is 0 Å². The van der Waals surface area contributed by atoms with E-state index < -0.39 is 16.1 Å². The van der Waals surface area contributed by atoms with E-state index in [1.165, 1.54) is 0 Å². The van der Waals surface area contributed by atoms with E-state index in [4.69, 9.17) is 4.89 Å². The maximum absolute atomic E-state index is 10.7. The summed E-state index contributed by atoms with van der Waals surface area (Å²) in [7, 11) is -3.79. The Morgan fingerprint density at radius 3 is 2.27 bits per heavy atom. The minimum absolute atomic E-state index is 0.0650. The first kappa shape index (κ1) is 10.6. The fraction of sp³-hybridized carbons (Fsp3) is 1.00. The van der Waals surface area contributed by atoms with Gasteiger partial charge in [-0.2, -0.15) is 0 Å². The Kier molecular flexibility index (Phi) is 3.25. The van der Waals surface area contributed by atoms with Crippen molar-refractivity contribution in [1.82, 2.24) is 0 Å². The summed E-state index contributed by atoms with van der Waals surface area (Å²) in [6.07, 6.45) is -0.529. The molecule has 0 bridgehead atoms. The molecule has 0 spiro atoms. The van der Waals surface area contributed by atoms with E-state index in [9.17, 15) is 4.57 Å². The number of phosphoric acid groups is 1. The molecule has 0 amide bonds. The molecular formula is C3H4Br3O4P. The Balaban J connectivity index is 2.63. The van der Waals surface area contributed by atoms with Crippen molar-refractivity contribution in [2.24, 2.45) is 0 Å². The molecule has 0 saturated carbocycles. The molecule has 1 aliphatic heterocycles. The van der Waals surface area contributed by atoms with E-state index in [0.717, 1.165) is 0 Å². The van der Waals surface area contributed by atoms with Crippen molar-refractivity contribution in [3.8, 4) is 0 Å². The van der Waals surface area contributed by atoms with Gasteiger partial charge >= 0.3 is 7.82 Å². The normalized spacial score (nSPS) is 39.5. The lowest BCUT2D eigenvalue weighted by molar-refractivity contribution is 0.225. The van der Waals surface area contributed by atoms with E-state index >= 15 is 0 Å². The minimum Gasteiger partial charge on any atom is -0.302 e. The lowest BCUT2D eigenvalue weighted by Gasteiger charge is -2.16. The Labute approximate surface area is 88.6 Å². The quantitative estimate of drug-likeness (QED) is 0.522. The van der Waals surface area contributed by atoms with Gasteiger partial charge in [0.15, 0.2) is 2.14 Å². The molecule has 0 aromatic rings. The molecule has 2 unspecified atom stereocenters. The average Bonchev–Trinajstić information content (AvgIpc) is 2.07. The minimum atomic E-state index is -3.79. The van der Waals surface area contributed by atoms with E-state index in [1.54, 1.807) is 0 Å². The number of hydrogen-bond donors (Lipinski definition) is 1. The molecule has 1 N–H and O–H groups in total. The van der Waals surface area contributed by atoms with Gasteiger partial charge in [0.1, 0.15) is 6.10 Å². The molecule has 1 heterocycles. The smallest absolute Gasteiger partial charge is 0.302 e. The Bertz CT molecular complexity index is 201. The van der Waals surface area contributed by atoms with E-state index in [-0.39, 0.29) is 6.61 Å². The standard InChI is InChI=1S/C3H4Br3O4P/c4-3(5,6)2-1-9-11(7,8)10-2/h2H,1H2,(H,7,8). The molecule has 0 aromatic carbocycles. The summed E-state index contributed by atoms with van der Waals surface area (Å²) in [6.45, 7) is 0.0650. The van der Waals surface area contributed by atoms with Gasteiger partial charge in [0, 0.05) is 0 Å². The van der Waals surface area contributed by atoms with E-state index in [2.05, 4.69) is 56.8 Å². The average molecular weight is 375 g/mol. The van der Waals surface area contributed by atoms with Gasteiger partial charge < -0.3 is 4.89 Å². The summed E-state index contributed by atoms with van der Waals surface area (Å²) in [5, 5.41) is 0. The van der Waals surface area contributed by atoms with Crippen LogP contribution in [0.2, 0.25) is 0 Å². The van der Waals surface area contributed by atoms with Crippen LogP contribution in [0.15, 0.2) is 0 Å². The number of halogens is 3. The van der Waals surface area contributed by atoms with Crippen molar-refractivity contribution < 1.29 is 18.5 Å². The highest BCUT2D eigenvalue weighted by Crippen LogP contribution is 2.55. The third kappa shape index (κ3) is 3.06. The summed E-state index contributed by atoms with van der Waals surface area (Å²) in [6, 6.07) is 0. The Morgan fingerprint density at radius 1 is 1.55 bits per heavy atom. The van der Waals surface area contributed by atoms with Gasteiger partial charge in [-0.1, -0.05) is 47.8 Å². The van der Waals surface area contributed by atoms with Crippen molar-refractivity contribution in [2.45, 2.75) is 8.25 Å². The lowest BCUT2D eigenvalue weighted by atomic mass is 10.4. The molecule has 66 valence electrons. The second-order valence-corrected chi connectivity index (χ2v) is 10.3. The number of hydrogen-bond acceptors (Lipinski definition) is 3. The van der Waals surface area contributed by atoms with Crippen LogP contribution in [0.1, 0.15) is 0 Å². The summed E-state index contributed by atoms with van der Waals surface area (Å²) >= 11 is 9.46. The fourth-order valence-corrected chi connectivity index (χ4v) is 2.57. The molecule has 2 atom stereocenters. The molecule has 1 aliphatic rings. The van der Waals surface area contributed by atoms with Crippen LogP contribution in [-0.2, 0) is 13.6 Å². The van der Waals surface area contributed by atoms with Crippen molar-refractivity contribution in [3.63, 3.8) is 0 Å². The molecule has 0 aliphatic carbocycles. The fourth-order valence-electron chi connectivity index (χ4n) is 0.538. The first-order chi connectivity index (χ1) is 4.81. The Hall–Kier alpha value is 1.55. The van der Waals surface area contributed by atoms with E-state index in [0.29, 0.717) is 0 Å². The second kappa shape index (κ2) is 3.36. The molecule has 1 rings (SSSR count). The summed E-state index contributed by atoms with van der Waals surface area (Å²) in [4.78, 5) is 8.78. The largest absolute Gasteiger partial charge is 0.472 e. The maximum atomic E-state index is 10.7. The van der Waals surface area contributed by atoms with Crippen LogP contribution in [0.4, 0.5) is 0 Å². The number of phosphoric ester groups is 1. The maximum Gasteiger partial charge on any atom is 0.472 e. The summed E-state index contributed by atoms with van der Waals surface area (Å²) in [5.41, 5.74) is 0. The molecule has 1 saturated heterocycles. The second-order valence-electron chi connectivity index (χ2n) is 1.90. The van der Waals surface area contributed by atoms with Crippen LogP contribution >= 0.6 is 55.6 Å². The SMILES string of the molecule is O=P1(O)OCC(C(Br)(Br)Br)O1. The topological polar surface area (TPSA) is 55.8 Å². The van der Waals surface area contributed by atoms with Crippen LogP contribution in [-0.4, -0.2) is 19.7 Å². The number of rotatable bonds is 0. The van der Waals surface area contributed by atoms with Crippen LogP contribution < -0.4 is 0 Å². The van der Waals surface area contributed by atoms with Crippen molar-refractivity contribution in [2.75, 3.05) is 6.61 Å². The van der Waals surface area contributed by atoms with Crippen LogP contribution in [0.3, 0.4) is 0 Å². The predicted octanol–water partition coefficient (Wildman–Crippen LogP) is 2.34. The zero-order valence-corrected chi connectivity index (χ0v) is 10.7. The van der Waals surface area contributed by atoms with Gasteiger partial charge in [-0.05, 0) is 0 Å². The van der Waals surface area contributed by atoms with Gasteiger partial charge in [0.2, 0.25) is 0 Å². The molecule has 0 aromatic heterocycles. The van der Waals surface area contributed by atoms with Crippen LogP contribution in [0.25, 0.3) is 0 Å². The first-order valence-electron chi connectivity index (χ1n) is 2.54. The molecule has 0 radical (unpaired) electrons. The van der Waals surface area contributed by atoms with Gasteiger partial charge in [-0.25, -0.2) is 4.57 Å². The zero-order chi connectivity index (χ0) is 8.70. The monoisotopic (exact) mass is 372 g/mol. The zero-order valence-electron chi connectivity index (χ0n) is 5.04.